The molecule has 0 bridgehead atoms. The average Bonchev–Trinajstić information content (AvgIpc) is 2.22. The van der Waals surface area contributed by atoms with E-state index in [1.165, 1.54) is 36.0 Å². The van der Waals surface area contributed by atoms with Crippen molar-refractivity contribution in [3.63, 3.8) is 0 Å². The first-order chi connectivity index (χ1) is 7.15. The van der Waals surface area contributed by atoms with E-state index in [-0.39, 0.29) is 6.04 Å². The summed E-state index contributed by atoms with van der Waals surface area (Å²) in [5.74, 6) is 0. The predicted molar refractivity (Wildman–Crippen MR) is 67.0 cm³/mol. The molecule has 1 nitrogen and oxygen atoms in total. The zero-order valence-electron chi connectivity index (χ0n) is 10.2. The van der Waals surface area contributed by atoms with Crippen LogP contribution in [0.5, 0.6) is 0 Å². The minimum absolute atomic E-state index is 0.218. The number of rotatable bonds is 5. The van der Waals surface area contributed by atoms with E-state index < -0.39 is 0 Å². The lowest BCUT2D eigenvalue weighted by molar-refractivity contribution is 0.581. The number of hydrogen-bond donors (Lipinski definition) is 1. The quantitative estimate of drug-likeness (QED) is 0.725. The zero-order chi connectivity index (χ0) is 11.3. The molecule has 0 heterocycles. The van der Waals surface area contributed by atoms with Crippen molar-refractivity contribution in [2.75, 3.05) is 0 Å². The highest BCUT2D eigenvalue weighted by molar-refractivity contribution is 5.31. The van der Waals surface area contributed by atoms with Gasteiger partial charge in [0.25, 0.3) is 0 Å². The van der Waals surface area contributed by atoms with Crippen LogP contribution in [0.25, 0.3) is 0 Å². The van der Waals surface area contributed by atoms with Gasteiger partial charge >= 0.3 is 0 Å². The van der Waals surface area contributed by atoms with E-state index in [9.17, 15) is 0 Å². The minimum atomic E-state index is 0.218. The minimum Gasteiger partial charge on any atom is -0.324 e. The van der Waals surface area contributed by atoms with Gasteiger partial charge in [0.2, 0.25) is 0 Å². The van der Waals surface area contributed by atoms with E-state index in [2.05, 4.69) is 39.0 Å². The molecule has 1 atom stereocenters. The Hall–Kier alpha value is -0.820. The standard InChI is InChI=1S/C14H23N/c1-4-5-6-7-14(15)13-9-8-11(2)12(3)10-13/h8-10,14H,4-7,15H2,1-3H3. The van der Waals surface area contributed by atoms with Crippen molar-refractivity contribution in [1.29, 1.82) is 0 Å². The monoisotopic (exact) mass is 205 g/mol. The second kappa shape index (κ2) is 5.92. The second-order valence-corrected chi connectivity index (χ2v) is 4.45. The molecule has 1 unspecified atom stereocenters. The van der Waals surface area contributed by atoms with Crippen LogP contribution in [0.4, 0.5) is 0 Å². The van der Waals surface area contributed by atoms with Gasteiger partial charge in [-0.1, -0.05) is 44.4 Å². The highest BCUT2D eigenvalue weighted by Gasteiger charge is 2.06. The van der Waals surface area contributed by atoms with Gasteiger partial charge in [0.1, 0.15) is 0 Å². The van der Waals surface area contributed by atoms with Crippen molar-refractivity contribution in [1.82, 2.24) is 0 Å². The fraction of sp³-hybridized carbons (Fsp3) is 0.571. The van der Waals surface area contributed by atoms with Gasteiger partial charge in [-0.25, -0.2) is 0 Å². The Morgan fingerprint density at radius 3 is 2.47 bits per heavy atom. The Balaban J connectivity index is 2.57. The van der Waals surface area contributed by atoms with Gasteiger partial charge in [-0.3, -0.25) is 0 Å². The van der Waals surface area contributed by atoms with E-state index in [0.717, 1.165) is 6.42 Å². The van der Waals surface area contributed by atoms with Crippen molar-refractivity contribution >= 4 is 0 Å². The van der Waals surface area contributed by atoms with Crippen LogP contribution in [0.2, 0.25) is 0 Å². The Morgan fingerprint density at radius 2 is 1.87 bits per heavy atom. The highest BCUT2D eigenvalue weighted by Crippen LogP contribution is 2.19. The molecule has 1 heteroatoms. The molecule has 1 rings (SSSR count). The van der Waals surface area contributed by atoms with Crippen LogP contribution < -0.4 is 5.73 Å². The molecule has 15 heavy (non-hydrogen) atoms. The van der Waals surface area contributed by atoms with E-state index in [1.54, 1.807) is 0 Å². The van der Waals surface area contributed by atoms with Gasteiger partial charge in [0, 0.05) is 6.04 Å². The van der Waals surface area contributed by atoms with Gasteiger partial charge in [-0.05, 0) is 37.0 Å². The predicted octanol–water partition coefficient (Wildman–Crippen LogP) is 3.88. The van der Waals surface area contributed by atoms with Crippen molar-refractivity contribution in [2.45, 2.75) is 52.5 Å². The summed E-state index contributed by atoms with van der Waals surface area (Å²) in [5.41, 5.74) is 10.1. The summed E-state index contributed by atoms with van der Waals surface area (Å²) in [6, 6.07) is 6.78. The zero-order valence-corrected chi connectivity index (χ0v) is 10.2. The summed E-state index contributed by atoms with van der Waals surface area (Å²) < 4.78 is 0. The first kappa shape index (κ1) is 12.3. The van der Waals surface area contributed by atoms with Crippen LogP contribution in [0, 0.1) is 13.8 Å². The van der Waals surface area contributed by atoms with Crippen molar-refractivity contribution in [3.05, 3.63) is 34.9 Å². The third kappa shape index (κ3) is 3.67. The summed E-state index contributed by atoms with van der Waals surface area (Å²) in [6.45, 7) is 6.51. The third-order valence-electron chi connectivity index (χ3n) is 3.08. The van der Waals surface area contributed by atoms with Crippen LogP contribution in [0.3, 0.4) is 0 Å². The molecule has 0 aliphatic heterocycles. The molecule has 0 aliphatic rings. The Bertz CT molecular complexity index is 304. The van der Waals surface area contributed by atoms with Crippen LogP contribution in [-0.4, -0.2) is 0 Å². The molecular formula is C14H23N. The van der Waals surface area contributed by atoms with Crippen LogP contribution in [-0.2, 0) is 0 Å². The van der Waals surface area contributed by atoms with Crippen molar-refractivity contribution in [2.24, 2.45) is 5.73 Å². The second-order valence-electron chi connectivity index (χ2n) is 4.45. The van der Waals surface area contributed by atoms with Crippen LogP contribution >= 0.6 is 0 Å². The maximum atomic E-state index is 6.15. The largest absolute Gasteiger partial charge is 0.324 e. The van der Waals surface area contributed by atoms with Crippen molar-refractivity contribution in [3.8, 4) is 0 Å². The molecule has 0 radical (unpaired) electrons. The lowest BCUT2D eigenvalue weighted by atomic mass is 9.98. The lowest BCUT2D eigenvalue weighted by Crippen LogP contribution is -2.10. The van der Waals surface area contributed by atoms with E-state index in [0.29, 0.717) is 0 Å². The Labute approximate surface area is 93.7 Å². The average molecular weight is 205 g/mol. The van der Waals surface area contributed by atoms with Gasteiger partial charge < -0.3 is 5.73 Å². The molecule has 1 aromatic rings. The van der Waals surface area contributed by atoms with E-state index in [4.69, 9.17) is 5.73 Å². The maximum absolute atomic E-state index is 6.15. The fourth-order valence-corrected chi connectivity index (χ4v) is 1.78. The SMILES string of the molecule is CCCCCC(N)c1ccc(C)c(C)c1. The fourth-order valence-electron chi connectivity index (χ4n) is 1.78. The molecule has 1 aromatic carbocycles. The van der Waals surface area contributed by atoms with Gasteiger partial charge in [-0.2, -0.15) is 0 Å². The maximum Gasteiger partial charge on any atom is 0.0294 e. The number of nitrogens with two attached hydrogens (primary N) is 1. The highest BCUT2D eigenvalue weighted by atomic mass is 14.6. The summed E-state index contributed by atoms with van der Waals surface area (Å²) in [4.78, 5) is 0. The summed E-state index contributed by atoms with van der Waals surface area (Å²) in [7, 11) is 0. The third-order valence-corrected chi connectivity index (χ3v) is 3.08. The number of benzene rings is 1. The first-order valence-electron chi connectivity index (χ1n) is 5.98. The van der Waals surface area contributed by atoms with E-state index >= 15 is 0 Å². The normalized spacial score (nSPS) is 12.8. The molecular weight excluding hydrogens is 182 g/mol. The number of aryl methyl sites for hydroxylation is 2. The topological polar surface area (TPSA) is 26.0 Å². The molecule has 0 aliphatic carbocycles. The Kier molecular flexibility index (Phi) is 4.83. The number of hydrogen-bond acceptors (Lipinski definition) is 1. The van der Waals surface area contributed by atoms with Crippen molar-refractivity contribution < 1.29 is 0 Å². The Morgan fingerprint density at radius 1 is 1.13 bits per heavy atom. The molecule has 84 valence electrons. The smallest absolute Gasteiger partial charge is 0.0294 e. The van der Waals surface area contributed by atoms with Gasteiger partial charge in [0.05, 0.1) is 0 Å². The summed E-state index contributed by atoms with van der Waals surface area (Å²) >= 11 is 0. The molecule has 0 fully saturated rings. The molecule has 2 N–H and O–H groups in total. The molecule has 0 amide bonds. The molecule has 0 aromatic heterocycles. The first-order valence-corrected chi connectivity index (χ1v) is 5.98. The molecule has 0 saturated carbocycles. The van der Waals surface area contributed by atoms with Gasteiger partial charge in [-0.15, -0.1) is 0 Å². The molecule has 0 spiro atoms. The lowest BCUT2D eigenvalue weighted by Gasteiger charge is -2.13. The van der Waals surface area contributed by atoms with Gasteiger partial charge in [0.15, 0.2) is 0 Å². The van der Waals surface area contributed by atoms with Crippen LogP contribution in [0.15, 0.2) is 18.2 Å². The summed E-state index contributed by atoms with van der Waals surface area (Å²) in [5, 5.41) is 0. The molecule has 0 saturated heterocycles. The number of unbranched alkanes of at least 4 members (excludes halogenated alkanes) is 2. The summed E-state index contributed by atoms with van der Waals surface area (Å²) in [6.07, 6.45) is 4.90. The van der Waals surface area contributed by atoms with Crippen LogP contribution in [0.1, 0.15) is 55.3 Å². The van der Waals surface area contributed by atoms with E-state index in [1.807, 2.05) is 0 Å².